The van der Waals surface area contributed by atoms with Crippen LogP contribution in [0, 0.1) is 0 Å². The molecule has 1 heterocycles. The zero-order valence-corrected chi connectivity index (χ0v) is 15.2. The molecule has 0 N–H and O–H groups in total. The van der Waals surface area contributed by atoms with E-state index in [2.05, 4.69) is 51.9 Å². The van der Waals surface area contributed by atoms with Gasteiger partial charge in [0.15, 0.2) is 6.61 Å². The number of carbonyl (C=O) groups is 1. The summed E-state index contributed by atoms with van der Waals surface area (Å²) in [4.78, 5) is 11.3. The molecule has 136 valence electrons. The third-order valence-electron chi connectivity index (χ3n) is 4.55. The van der Waals surface area contributed by atoms with E-state index >= 15 is 0 Å². The first-order chi connectivity index (χ1) is 12.8. The fourth-order valence-electron chi connectivity index (χ4n) is 3.14. The Morgan fingerprint density at radius 2 is 1.81 bits per heavy atom. The van der Waals surface area contributed by atoms with Gasteiger partial charge in [0, 0.05) is 18.1 Å². The largest absolute Gasteiger partial charge is 0.481 e. The standard InChI is InChI=1S/C22H25NO3/c1-25-22(24)17-26-21-13-8-12-20-19(21)14-16-23(20)15-7-3-6-11-18-9-4-2-5-10-18/h2,4-5,8-10,12-14,16H,3,6-7,11,15,17H2,1H3. The maximum atomic E-state index is 11.3. The quantitative estimate of drug-likeness (QED) is 0.418. The van der Waals surface area contributed by atoms with E-state index in [4.69, 9.17) is 4.74 Å². The van der Waals surface area contributed by atoms with Gasteiger partial charge in [-0.15, -0.1) is 0 Å². The van der Waals surface area contributed by atoms with Gasteiger partial charge in [0.1, 0.15) is 5.75 Å². The third-order valence-corrected chi connectivity index (χ3v) is 4.55. The Kier molecular flexibility index (Phi) is 6.31. The third kappa shape index (κ3) is 4.66. The van der Waals surface area contributed by atoms with E-state index in [0.717, 1.165) is 36.0 Å². The second kappa shape index (κ2) is 9.09. The van der Waals surface area contributed by atoms with Crippen LogP contribution >= 0.6 is 0 Å². The first kappa shape index (κ1) is 18.1. The Labute approximate surface area is 154 Å². The van der Waals surface area contributed by atoms with Crippen molar-refractivity contribution in [3.8, 4) is 5.75 Å². The number of benzene rings is 2. The van der Waals surface area contributed by atoms with Crippen LogP contribution in [0.1, 0.15) is 24.8 Å². The van der Waals surface area contributed by atoms with Crippen molar-refractivity contribution in [1.29, 1.82) is 0 Å². The number of fused-ring (bicyclic) bond motifs is 1. The highest BCUT2D eigenvalue weighted by Crippen LogP contribution is 2.27. The smallest absolute Gasteiger partial charge is 0.343 e. The fraction of sp³-hybridized carbons (Fsp3) is 0.318. The zero-order chi connectivity index (χ0) is 18.2. The SMILES string of the molecule is COC(=O)COc1cccc2c1ccn2CCCCCc1ccccc1. The minimum atomic E-state index is -0.375. The topological polar surface area (TPSA) is 40.5 Å². The van der Waals surface area contributed by atoms with Crippen LogP contribution in [0.4, 0.5) is 0 Å². The van der Waals surface area contributed by atoms with E-state index in [-0.39, 0.29) is 12.6 Å². The predicted octanol–water partition coefficient (Wildman–Crippen LogP) is 4.61. The maximum Gasteiger partial charge on any atom is 0.343 e. The van der Waals surface area contributed by atoms with Crippen molar-refractivity contribution in [2.45, 2.75) is 32.2 Å². The van der Waals surface area contributed by atoms with Crippen molar-refractivity contribution in [3.63, 3.8) is 0 Å². The summed E-state index contributed by atoms with van der Waals surface area (Å²) in [6.07, 6.45) is 6.78. The molecule has 0 radical (unpaired) electrons. The van der Waals surface area contributed by atoms with E-state index in [9.17, 15) is 4.79 Å². The molecule has 4 nitrogen and oxygen atoms in total. The second-order valence-corrected chi connectivity index (χ2v) is 6.36. The number of aromatic nitrogens is 1. The lowest BCUT2D eigenvalue weighted by molar-refractivity contribution is -0.142. The normalized spacial score (nSPS) is 10.8. The van der Waals surface area contributed by atoms with Crippen molar-refractivity contribution in [1.82, 2.24) is 4.57 Å². The molecule has 0 saturated heterocycles. The van der Waals surface area contributed by atoms with Gasteiger partial charge in [-0.1, -0.05) is 42.8 Å². The van der Waals surface area contributed by atoms with Gasteiger partial charge in [-0.05, 0) is 43.0 Å². The van der Waals surface area contributed by atoms with Crippen molar-refractivity contribution < 1.29 is 14.3 Å². The van der Waals surface area contributed by atoms with Crippen LogP contribution in [-0.4, -0.2) is 24.3 Å². The minimum absolute atomic E-state index is 0.0692. The molecule has 3 aromatic rings. The number of aryl methyl sites for hydroxylation is 2. The number of esters is 1. The summed E-state index contributed by atoms with van der Waals surface area (Å²) in [5.41, 5.74) is 2.54. The number of hydrogen-bond donors (Lipinski definition) is 0. The molecule has 3 rings (SSSR count). The zero-order valence-electron chi connectivity index (χ0n) is 15.2. The Bertz CT molecular complexity index is 839. The van der Waals surface area contributed by atoms with Crippen LogP contribution in [0.2, 0.25) is 0 Å². The summed E-state index contributed by atoms with van der Waals surface area (Å²) >= 11 is 0. The molecule has 26 heavy (non-hydrogen) atoms. The molecule has 0 spiro atoms. The summed E-state index contributed by atoms with van der Waals surface area (Å²) in [6, 6.07) is 18.6. The van der Waals surface area contributed by atoms with Crippen molar-refractivity contribution >= 4 is 16.9 Å². The van der Waals surface area contributed by atoms with Crippen LogP contribution < -0.4 is 4.74 Å². The van der Waals surface area contributed by atoms with Crippen LogP contribution in [-0.2, 0) is 22.5 Å². The molecule has 0 saturated carbocycles. The fourth-order valence-corrected chi connectivity index (χ4v) is 3.14. The Morgan fingerprint density at radius 3 is 2.62 bits per heavy atom. The lowest BCUT2D eigenvalue weighted by Crippen LogP contribution is -2.12. The summed E-state index contributed by atoms with van der Waals surface area (Å²) in [7, 11) is 1.36. The molecule has 0 aliphatic carbocycles. The second-order valence-electron chi connectivity index (χ2n) is 6.36. The highest BCUT2D eigenvalue weighted by Gasteiger charge is 2.08. The van der Waals surface area contributed by atoms with E-state index in [0.29, 0.717) is 0 Å². The molecule has 0 amide bonds. The number of ether oxygens (including phenoxy) is 2. The molecule has 4 heteroatoms. The van der Waals surface area contributed by atoms with E-state index in [1.165, 1.54) is 25.5 Å². The van der Waals surface area contributed by atoms with Crippen LogP contribution in [0.15, 0.2) is 60.8 Å². The molecule has 0 fully saturated rings. The van der Waals surface area contributed by atoms with Gasteiger partial charge in [0.05, 0.1) is 12.6 Å². The summed E-state index contributed by atoms with van der Waals surface area (Å²) in [5, 5.41) is 1.03. The number of rotatable bonds is 9. The van der Waals surface area contributed by atoms with Gasteiger partial charge in [-0.2, -0.15) is 0 Å². The van der Waals surface area contributed by atoms with Crippen LogP contribution in [0.3, 0.4) is 0 Å². The summed E-state index contributed by atoms with van der Waals surface area (Å²) in [5.74, 6) is 0.343. The van der Waals surface area contributed by atoms with Crippen LogP contribution in [0.25, 0.3) is 10.9 Å². The molecule has 2 aromatic carbocycles. The monoisotopic (exact) mass is 351 g/mol. The average molecular weight is 351 g/mol. The Morgan fingerprint density at radius 1 is 0.962 bits per heavy atom. The number of carbonyl (C=O) groups excluding carboxylic acids is 1. The highest BCUT2D eigenvalue weighted by molar-refractivity contribution is 5.86. The maximum absolute atomic E-state index is 11.3. The van der Waals surface area contributed by atoms with Gasteiger partial charge in [-0.25, -0.2) is 4.79 Å². The lowest BCUT2D eigenvalue weighted by atomic mass is 10.1. The average Bonchev–Trinajstić information content (AvgIpc) is 3.10. The molecular weight excluding hydrogens is 326 g/mol. The number of methoxy groups -OCH3 is 1. The molecule has 0 aliphatic rings. The molecule has 0 aliphatic heterocycles. The van der Waals surface area contributed by atoms with Crippen molar-refractivity contribution in [3.05, 3.63) is 66.4 Å². The minimum Gasteiger partial charge on any atom is -0.481 e. The van der Waals surface area contributed by atoms with Gasteiger partial charge in [0.2, 0.25) is 0 Å². The lowest BCUT2D eigenvalue weighted by Gasteiger charge is -2.08. The van der Waals surface area contributed by atoms with E-state index in [1.54, 1.807) is 0 Å². The van der Waals surface area contributed by atoms with E-state index < -0.39 is 0 Å². The molecular formula is C22H25NO3. The van der Waals surface area contributed by atoms with Crippen LogP contribution in [0.5, 0.6) is 5.75 Å². The highest BCUT2D eigenvalue weighted by atomic mass is 16.6. The Balaban J connectivity index is 1.53. The molecule has 1 aromatic heterocycles. The first-order valence-corrected chi connectivity index (χ1v) is 9.09. The van der Waals surface area contributed by atoms with Gasteiger partial charge in [0.25, 0.3) is 0 Å². The van der Waals surface area contributed by atoms with Gasteiger partial charge >= 0.3 is 5.97 Å². The molecule has 0 bridgehead atoms. The Hall–Kier alpha value is -2.75. The number of hydrogen-bond acceptors (Lipinski definition) is 3. The van der Waals surface area contributed by atoms with Gasteiger partial charge in [-0.3, -0.25) is 0 Å². The number of nitrogens with zero attached hydrogens (tertiary/aromatic N) is 1. The number of unbranched alkanes of at least 4 members (excludes halogenated alkanes) is 2. The van der Waals surface area contributed by atoms with Crippen molar-refractivity contribution in [2.24, 2.45) is 0 Å². The molecule has 0 unspecified atom stereocenters. The summed E-state index contributed by atoms with van der Waals surface area (Å²) < 4.78 is 12.5. The van der Waals surface area contributed by atoms with E-state index in [1.807, 2.05) is 18.2 Å². The predicted molar refractivity (Wildman–Crippen MR) is 103 cm³/mol. The molecule has 0 atom stereocenters. The first-order valence-electron chi connectivity index (χ1n) is 9.09. The summed E-state index contributed by atoms with van der Waals surface area (Å²) in [6.45, 7) is 0.916. The van der Waals surface area contributed by atoms with Gasteiger partial charge < -0.3 is 14.0 Å². The van der Waals surface area contributed by atoms with Crippen molar-refractivity contribution in [2.75, 3.05) is 13.7 Å².